The van der Waals surface area contributed by atoms with E-state index < -0.39 is 0 Å². The third kappa shape index (κ3) is 5.28. The highest BCUT2D eigenvalue weighted by atomic mass is 16.5. The van der Waals surface area contributed by atoms with Crippen LogP contribution in [0.15, 0.2) is 53.5 Å². The molecule has 0 aliphatic heterocycles. The van der Waals surface area contributed by atoms with E-state index in [1.54, 1.807) is 7.11 Å². The van der Waals surface area contributed by atoms with Gasteiger partial charge in [-0.3, -0.25) is 0 Å². The van der Waals surface area contributed by atoms with Gasteiger partial charge in [0, 0.05) is 6.61 Å². The molecule has 5 heteroatoms. The molecule has 0 spiro atoms. The topological polar surface area (TPSA) is 68.9 Å². The summed E-state index contributed by atoms with van der Waals surface area (Å²) in [6.45, 7) is 3.95. The zero-order chi connectivity index (χ0) is 17.2. The van der Waals surface area contributed by atoms with Crippen LogP contribution < -0.4 is 15.8 Å². The molecule has 24 heavy (non-hydrogen) atoms. The van der Waals surface area contributed by atoms with Crippen LogP contribution in [0.3, 0.4) is 0 Å². The Morgan fingerprint density at radius 3 is 2.54 bits per heavy atom. The Hall–Kier alpha value is -2.53. The van der Waals surface area contributed by atoms with Crippen molar-refractivity contribution in [1.82, 2.24) is 0 Å². The molecular weight excluding hydrogens is 302 g/mol. The van der Waals surface area contributed by atoms with Crippen molar-refractivity contribution in [3.63, 3.8) is 0 Å². The third-order valence-corrected chi connectivity index (χ3v) is 3.51. The maximum absolute atomic E-state index is 6.00. The van der Waals surface area contributed by atoms with E-state index in [4.69, 9.17) is 15.2 Å². The van der Waals surface area contributed by atoms with E-state index in [1.807, 2.05) is 42.5 Å². The van der Waals surface area contributed by atoms with E-state index in [9.17, 15) is 0 Å². The highest BCUT2D eigenvalue weighted by Crippen LogP contribution is 2.22. The molecule has 0 saturated heterocycles. The fourth-order valence-electron chi connectivity index (χ4n) is 2.27. The molecule has 0 unspecified atom stereocenters. The van der Waals surface area contributed by atoms with Crippen LogP contribution in [0.2, 0.25) is 0 Å². The quantitative estimate of drug-likeness (QED) is 0.442. The first kappa shape index (κ1) is 17.8. The summed E-state index contributed by atoms with van der Waals surface area (Å²) in [7, 11) is 1.63. The molecule has 3 N–H and O–H groups in total. The van der Waals surface area contributed by atoms with Crippen LogP contribution in [0.25, 0.3) is 0 Å². The molecule has 5 nitrogen and oxygen atoms in total. The predicted octanol–water partition coefficient (Wildman–Crippen LogP) is 3.55. The predicted molar refractivity (Wildman–Crippen MR) is 98.3 cm³/mol. The molecule has 0 atom stereocenters. The summed E-state index contributed by atoms with van der Waals surface area (Å²) in [5.41, 5.74) is 9.04. The Labute approximate surface area is 143 Å². The van der Waals surface area contributed by atoms with Gasteiger partial charge in [-0.05, 0) is 29.7 Å². The van der Waals surface area contributed by atoms with Gasteiger partial charge in [-0.1, -0.05) is 43.3 Å². The Morgan fingerprint density at radius 2 is 1.79 bits per heavy atom. The summed E-state index contributed by atoms with van der Waals surface area (Å²) in [4.78, 5) is 4.43. The van der Waals surface area contributed by atoms with Crippen LogP contribution >= 0.6 is 0 Å². The van der Waals surface area contributed by atoms with Gasteiger partial charge in [0.05, 0.1) is 25.9 Å². The summed E-state index contributed by atoms with van der Waals surface area (Å²) < 4.78 is 10.9. The monoisotopic (exact) mass is 327 g/mol. The van der Waals surface area contributed by atoms with Gasteiger partial charge >= 0.3 is 0 Å². The second-order valence-corrected chi connectivity index (χ2v) is 5.35. The molecule has 0 heterocycles. The number of rotatable bonds is 8. The maximum Gasteiger partial charge on any atom is 0.193 e. The first-order chi connectivity index (χ1) is 11.7. The first-order valence-electron chi connectivity index (χ1n) is 8.09. The molecule has 0 aliphatic rings. The number of anilines is 1. The molecule has 2 aromatic carbocycles. The number of hydrogen-bond acceptors (Lipinski definition) is 3. The fraction of sp³-hybridized carbons (Fsp3) is 0.316. The van der Waals surface area contributed by atoms with Crippen molar-refractivity contribution in [3.05, 3.63) is 59.7 Å². The summed E-state index contributed by atoms with van der Waals surface area (Å²) in [6.07, 6.45) is 1.01. The standard InChI is InChI=1S/C19H25N3O2/c1-3-12-24-14-16-9-5-4-8-15(16)13-21-19(20)22-17-10-6-7-11-18(17)23-2/h4-11H,3,12-14H2,1-2H3,(H3,20,21,22). The van der Waals surface area contributed by atoms with Gasteiger partial charge in [0.25, 0.3) is 0 Å². The van der Waals surface area contributed by atoms with E-state index in [0.717, 1.165) is 35.6 Å². The van der Waals surface area contributed by atoms with Crippen LogP contribution in [0.4, 0.5) is 5.69 Å². The van der Waals surface area contributed by atoms with E-state index in [1.165, 1.54) is 0 Å². The highest BCUT2D eigenvalue weighted by Gasteiger charge is 2.04. The van der Waals surface area contributed by atoms with Gasteiger partial charge in [0.2, 0.25) is 0 Å². The van der Waals surface area contributed by atoms with E-state index in [0.29, 0.717) is 19.1 Å². The number of nitrogens with two attached hydrogens (primary N) is 1. The molecular formula is C19H25N3O2. The lowest BCUT2D eigenvalue weighted by Crippen LogP contribution is -2.23. The normalized spacial score (nSPS) is 11.3. The zero-order valence-corrected chi connectivity index (χ0v) is 14.3. The zero-order valence-electron chi connectivity index (χ0n) is 14.3. The van der Waals surface area contributed by atoms with Crippen molar-refractivity contribution < 1.29 is 9.47 Å². The number of nitrogens with one attached hydrogen (secondary N) is 1. The maximum atomic E-state index is 6.00. The number of nitrogens with zero attached hydrogens (tertiary/aromatic N) is 1. The fourth-order valence-corrected chi connectivity index (χ4v) is 2.27. The number of methoxy groups -OCH3 is 1. The van der Waals surface area contributed by atoms with E-state index >= 15 is 0 Å². The molecule has 0 aliphatic carbocycles. The van der Waals surface area contributed by atoms with E-state index in [2.05, 4.69) is 23.3 Å². The van der Waals surface area contributed by atoms with Crippen molar-refractivity contribution in [1.29, 1.82) is 0 Å². The molecule has 0 amide bonds. The molecule has 0 radical (unpaired) electrons. The Balaban J connectivity index is 2.02. The van der Waals surface area contributed by atoms with Gasteiger partial charge in [-0.2, -0.15) is 0 Å². The summed E-state index contributed by atoms with van der Waals surface area (Å²) in [5, 5.41) is 3.07. The second-order valence-electron chi connectivity index (χ2n) is 5.35. The lowest BCUT2D eigenvalue weighted by atomic mass is 10.1. The Morgan fingerprint density at radius 1 is 1.08 bits per heavy atom. The van der Waals surface area contributed by atoms with Gasteiger partial charge in [-0.25, -0.2) is 4.99 Å². The minimum Gasteiger partial charge on any atom is -0.495 e. The number of guanidine groups is 1. The van der Waals surface area contributed by atoms with Crippen LogP contribution in [0, 0.1) is 0 Å². The van der Waals surface area contributed by atoms with Crippen LogP contribution in [-0.2, 0) is 17.9 Å². The van der Waals surface area contributed by atoms with Crippen molar-refractivity contribution in [2.45, 2.75) is 26.5 Å². The molecule has 0 aromatic heterocycles. The van der Waals surface area contributed by atoms with Gasteiger partial charge in [-0.15, -0.1) is 0 Å². The van der Waals surface area contributed by atoms with Crippen molar-refractivity contribution in [2.75, 3.05) is 19.0 Å². The minimum absolute atomic E-state index is 0.351. The number of benzene rings is 2. The van der Waals surface area contributed by atoms with Crippen LogP contribution in [0.5, 0.6) is 5.75 Å². The Kier molecular flexibility index (Phi) is 7.11. The highest BCUT2D eigenvalue weighted by molar-refractivity contribution is 5.93. The van der Waals surface area contributed by atoms with Gasteiger partial charge < -0.3 is 20.5 Å². The first-order valence-corrected chi connectivity index (χ1v) is 8.09. The third-order valence-electron chi connectivity index (χ3n) is 3.51. The lowest BCUT2D eigenvalue weighted by Gasteiger charge is -2.11. The lowest BCUT2D eigenvalue weighted by molar-refractivity contribution is 0.121. The molecule has 2 rings (SSSR count). The second kappa shape index (κ2) is 9.57. The molecule has 0 saturated carbocycles. The van der Waals surface area contributed by atoms with Crippen LogP contribution in [-0.4, -0.2) is 19.7 Å². The molecule has 128 valence electrons. The van der Waals surface area contributed by atoms with Crippen molar-refractivity contribution in [3.8, 4) is 5.75 Å². The molecule has 2 aromatic rings. The minimum atomic E-state index is 0.351. The SMILES string of the molecule is CCCOCc1ccccc1CN=C(N)Nc1ccccc1OC. The van der Waals surface area contributed by atoms with Gasteiger partial charge in [0.1, 0.15) is 5.75 Å². The molecule has 0 fully saturated rings. The number of aliphatic imine (C=N–C) groups is 1. The van der Waals surface area contributed by atoms with Gasteiger partial charge in [0.15, 0.2) is 5.96 Å². The number of ether oxygens (including phenoxy) is 2. The van der Waals surface area contributed by atoms with Crippen LogP contribution in [0.1, 0.15) is 24.5 Å². The average Bonchev–Trinajstić information content (AvgIpc) is 2.61. The summed E-state index contributed by atoms with van der Waals surface area (Å²) in [5.74, 6) is 1.08. The average molecular weight is 327 g/mol. The summed E-state index contributed by atoms with van der Waals surface area (Å²) >= 11 is 0. The van der Waals surface area contributed by atoms with Crippen molar-refractivity contribution >= 4 is 11.6 Å². The van der Waals surface area contributed by atoms with E-state index in [-0.39, 0.29) is 0 Å². The number of para-hydroxylation sites is 2. The van der Waals surface area contributed by atoms with Crippen molar-refractivity contribution in [2.24, 2.45) is 10.7 Å². The molecule has 0 bridgehead atoms. The Bertz CT molecular complexity index is 671. The smallest absolute Gasteiger partial charge is 0.193 e. The number of hydrogen-bond donors (Lipinski definition) is 2. The summed E-state index contributed by atoms with van der Waals surface area (Å²) in [6, 6.07) is 15.7. The largest absolute Gasteiger partial charge is 0.495 e.